The first-order chi connectivity index (χ1) is 13.4. The lowest BCUT2D eigenvalue weighted by Crippen LogP contribution is -2.23. The Balaban J connectivity index is 1.60. The van der Waals surface area contributed by atoms with Crippen LogP contribution in [0.5, 0.6) is 0 Å². The maximum Gasteiger partial charge on any atom is 0.251 e. The highest BCUT2D eigenvalue weighted by Crippen LogP contribution is 2.17. The smallest absolute Gasteiger partial charge is 0.251 e. The molecule has 1 amide bonds. The Hall–Kier alpha value is -2.99. The van der Waals surface area contributed by atoms with Crippen molar-refractivity contribution in [1.29, 1.82) is 0 Å². The average molecular weight is 380 g/mol. The van der Waals surface area contributed by atoms with Crippen LogP contribution in [-0.4, -0.2) is 41.0 Å². The molecular weight excluding hydrogens is 355 g/mol. The summed E-state index contributed by atoms with van der Waals surface area (Å²) in [7, 11) is 4.07. The number of imidazole rings is 1. The van der Waals surface area contributed by atoms with E-state index in [1.165, 1.54) is 11.6 Å². The molecule has 1 heterocycles. The number of benzene rings is 2. The molecule has 0 atom stereocenters. The fraction of sp³-hybridized carbons (Fsp3) is 0.273. The van der Waals surface area contributed by atoms with E-state index in [1.807, 2.05) is 51.4 Å². The van der Waals surface area contributed by atoms with Crippen LogP contribution in [0.15, 0.2) is 54.9 Å². The molecule has 0 aliphatic heterocycles. The van der Waals surface area contributed by atoms with Gasteiger partial charge in [-0.2, -0.15) is 0 Å². The average Bonchev–Trinajstić information content (AvgIpc) is 3.10. The number of halogens is 1. The van der Waals surface area contributed by atoms with Crippen LogP contribution in [0.2, 0.25) is 0 Å². The van der Waals surface area contributed by atoms with Crippen molar-refractivity contribution >= 4 is 5.91 Å². The Bertz CT molecular complexity index is 947. The molecule has 6 heteroatoms. The van der Waals surface area contributed by atoms with Gasteiger partial charge in [0.1, 0.15) is 11.6 Å². The van der Waals surface area contributed by atoms with Crippen molar-refractivity contribution in [3.8, 4) is 5.69 Å². The molecule has 0 spiro atoms. The molecule has 0 unspecified atom stereocenters. The monoisotopic (exact) mass is 380 g/mol. The van der Waals surface area contributed by atoms with Gasteiger partial charge in [-0.3, -0.25) is 4.79 Å². The van der Waals surface area contributed by atoms with E-state index in [1.54, 1.807) is 23.0 Å². The van der Waals surface area contributed by atoms with Gasteiger partial charge in [-0.1, -0.05) is 18.2 Å². The fourth-order valence-corrected chi connectivity index (χ4v) is 2.95. The molecule has 5 nitrogen and oxygen atoms in total. The minimum absolute atomic E-state index is 0.172. The number of carbonyl (C=O) groups excluding carboxylic acids is 1. The fourth-order valence-electron chi connectivity index (χ4n) is 2.95. The lowest BCUT2D eigenvalue weighted by atomic mass is 10.1. The number of nitrogens with one attached hydrogen (secondary N) is 1. The van der Waals surface area contributed by atoms with E-state index < -0.39 is 0 Å². The van der Waals surface area contributed by atoms with Crippen molar-refractivity contribution in [2.45, 2.75) is 19.9 Å². The lowest BCUT2D eigenvalue weighted by molar-refractivity contribution is 0.0951. The summed E-state index contributed by atoms with van der Waals surface area (Å²) >= 11 is 0. The summed E-state index contributed by atoms with van der Waals surface area (Å²) < 4.78 is 16.1. The van der Waals surface area contributed by atoms with E-state index >= 15 is 0 Å². The van der Waals surface area contributed by atoms with Crippen molar-refractivity contribution < 1.29 is 9.18 Å². The van der Waals surface area contributed by atoms with Crippen LogP contribution < -0.4 is 5.32 Å². The van der Waals surface area contributed by atoms with Gasteiger partial charge in [0.15, 0.2) is 0 Å². The summed E-state index contributed by atoms with van der Waals surface area (Å²) in [6.45, 7) is 3.05. The minimum Gasteiger partial charge on any atom is -0.348 e. The van der Waals surface area contributed by atoms with Gasteiger partial charge < -0.3 is 14.8 Å². The second-order valence-electron chi connectivity index (χ2n) is 7.06. The standard InChI is InChI=1S/C22H25FN4O/c1-16-24-11-13-27(16)21-9-6-18(14-20(21)23)15-25-22(28)19-7-4-17(5-8-19)10-12-26(2)3/h4-9,11,13-14H,10,12,15H2,1-3H3,(H,25,28). The van der Waals surface area contributed by atoms with Crippen LogP contribution >= 0.6 is 0 Å². The summed E-state index contributed by atoms with van der Waals surface area (Å²) in [5, 5.41) is 2.84. The Labute approximate surface area is 164 Å². The summed E-state index contributed by atoms with van der Waals surface area (Å²) in [4.78, 5) is 18.6. The van der Waals surface area contributed by atoms with Crippen molar-refractivity contribution in [3.05, 3.63) is 83.2 Å². The van der Waals surface area contributed by atoms with Crippen LogP contribution in [0.25, 0.3) is 5.69 Å². The van der Waals surface area contributed by atoms with Gasteiger partial charge in [-0.25, -0.2) is 9.37 Å². The third-order valence-electron chi connectivity index (χ3n) is 4.61. The van der Waals surface area contributed by atoms with E-state index in [9.17, 15) is 9.18 Å². The van der Waals surface area contributed by atoms with Crippen molar-refractivity contribution in [2.24, 2.45) is 0 Å². The molecule has 0 saturated heterocycles. The van der Waals surface area contributed by atoms with Crippen molar-refractivity contribution in [3.63, 3.8) is 0 Å². The predicted molar refractivity (Wildman–Crippen MR) is 108 cm³/mol. The Morgan fingerprint density at radius 1 is 1.14 bits per heavy atom. The molecule has 28 heavy (non-hydrogen) atoms. The van der Waals surface area contributed by atoms with Gasteiger partial charge in [0.25, 0.3) is 5.91 Å². The molecule has 1 aromatic heterocycles. The number of aromatic nitrogens is 2. The second kappa shape index (κ2) is 8.80. The number of hydrogen-bond acceptors (Lipinski definition) is 3. The predicted octanol–water partition coefficient (Wildman–Crippen LogP) is 3.35. The van der Waals surface area contributed by atoms with Crippen LogP contribution in [0, 0.1) is 12.7 Å². The van der Waals surface area contributed by atoms with Gasteiger partial charge in [0.2, 0.25) is 0 Å². The molecule has 0 aliphatic carbocycles. The van der Waals surface area contributed by atoms with E-state index in [4.69, 9.17) is 0 Å². The highest BCUT2D eigenvalue weighted by atomic mass is 19.1. The lowest BCUT2D eigenvalue weighted by Gasteiger charge is -2.11. The molecule has 146 valence electrons. The number of rotatable bonds is 7. The SMILES string of the molecule is Cc1nccn1-c1ccc(CNC(=O)c2ccc(CCN(C)C)cc2)cc1F. The summed E-state index contributed by atoms with van der Waals surface area (Å²) in [5.41, 5.74) is 2.94. The minimum atomic E-state index is -0.349. The highest BCUT2D eigenvalue weighted by Gasteiger charge is 2.10. The topological polar surface area (TPSA) is 50.2 Å². The number of nitrogens with zero attached hydrogens (tertiary/aromatic N) is 3. The number of carbonyl (C=O) groups is 1. The summed E-state index contributed by atoms with van der Waals surface area (Å²) in [6.07, 6.45) is 4.29. The number of likely N-dealkylation sites (N-methyl/N-ethyl adjacent to an activating group) is 1. The maximum atomic E-state index is 14.4. The molecule has 0 fully saturated rings. The van der Waals surface area contributed by atoms with Gasteiger partial charge in [0.05, 0.1) is 5.69 Å². The summed E-state index contributed by atoms with van der Waals surface area (Å²) in [5.74, 6) is 0.196. The number of hydrogen-bond donors (Lipinski definition) is 1. The quantitative estimate of drug-likeness (QED) is 0.684. The molecule has 0 bridgehead atoms. The first-order valence-electron chi connectivity index (χ1n) is 9.24. The first-order valence-corrected chi connectivity index (χ1v) is 9.24. The summed E-state index contributed by atoms with van der Waals surface area (Å²) in [6, 6.07) is 12.5. The molecule has 0 saturated carbocycles. The van der Waals surface area contributed by atoms with E-state index in [0.29, 0.717) is 22.6 Å². The number of aryl methyl sites for hydroxylation is 1. The van der Waals surface area contributed by atoms with Crippen molar-refractivity contribution in [2.75, 3.05) is 20.6 Å². The van der Waals surface area contributed by atoms with Crippen LogP contribution in [0.1, 0.15) is 27.3 Å². The second-order valence-corrected chi connectivity index (χ2v) is 7.06. The third kappa shape index (κ3) is 4.84. The van der Waals surface area contributed by atoms with Crippen LogP contribution in [0.4, 0.5) is 4.39 Å². The Morgan fingerprint density at radius 3 is 2.46 bits per heavy atom. The third-order valence-corrected chi connectivity index (χ3v) is 4.61. The van der Waals surface area contributed by atoms with Crippen LogP contribution in [-0.2, 0) is 13.0 Å². The van der Waals surface area contributed by atoms with E-state index in [0.717, 1.165) is 13.0 Å². The maximum absolute atomic E-state index is 14.4. The number of amides is 1. The molecule has 0 aliphatic rings. The van der Waals surface area contributed by atoms with Crippen molar-refractivity contribution in [1.82, 2.24) is 19.8 Å². The first kappa shape index (κ1) is 19.8. The zero-order valence-corrected chi connectivity index (χ0v) is 16.4. The normalized spacial score (nSPS) is 11.0. The van der Waals surface area contributed by atoms with Gasteiger partial charge in [-0.05, 0) is 62.8 Å². The molecule has 2 aromatic carbocycles. The molecule has 3 aromatic rings. The van der Waals surface area contributed by atoms with Crippen LogP contribution in [0.3, 0.4) is 0 Å². The zero-order valence-electron chi connectivity index (χ0n) is 16.4. The van der Waals surface area contributed by atoms with Gasteiger partial charge in [0, 0.05) is 31.0 Å². The Morgan fingerprint density at radius 2 is 1.86 bits per heavy atom. The van der Waals surface area contributed by atoms with E-state index in [-0.39, 0.29) is 18.3 Å². The van der Waals surface area contributed by atoms with Gasteiger partial charge in [-0.15, -0.1) is 0 Å². The molecule has 0 radical (unpaired) electrons. The highest BCUT2D eigenvalue weighted by molar-refractivity contribution is 5.94. The molecular formula is C22H25FN4O. The van der Waals surface area contributed by atoms with Gasteiger partial charge >= 0.3 is 0 Å². The largest absolute Gasteiger partial charge is 0.348 e. The zero-order chi connectivity index (χ0) is 20.1. The molecule has 1 N–H and O–H groups in total. The molecule has 3 rings (SSSR count). The van der Waals surface area contributed by atoms with E-state index in [2.05, 4.69) is 15.2 Å². The Kier molecular flexibility index (Phi) is 6.21.